The molecule has 0 saturated heterocycles. The SMILES string of the molecule is C[C@@H]1Oc2ccccc2N(CC(=O)NN)C1=O. The molecule has 1 heterocycles. The Morgan fingerprint density at radius 1 is 1.53 bits per heavy atom. The van der Waals surface area contributed by atoms with Crippen LogP contribution in [0, 0.1) is 0 Å². The highest BCUT2D eigenvalue weighted by molar-refractivity contribution is 6.03. The van der Waals surface area contributed by atoms with E-state index in [0.717, 1.165) is 0 Å². The van der Waals surface area contributed by atoms with Crippen molar-refractivity contribution >= 4 is 17.5 Å². The van der Waals surface area contributed by atoms with Crippen molar-refractivity contribution in [3.8, 4) is 5.75 Å². The van der Waals surface area contributed by atoms with Crippen LogP contribution in [0.25, 0.3) is 0 Å². The molecule has 0 radical (unpaired) electrons. The topological polar surface area (TPSA) is 84.7 Å². The Balaban J connectivity index is 2.35. The van der Waals surface area contributed by atoms with E-state index in [2.05, 4.69) is 0 Å². The first kappa shape index (κ1) is 11.4. The number of para-hydroxylation sites is 2. The zero-order valence-electron chi connectivity index (χ0n) is 9.34. The third kappa shape index (κ3) is 2.07. The molecule has 0 spiro atoms. The van der Waals surface area contributed by atoms with E-state index in [-0.39, 0.29) is 12.5 Å². The van der Waals surface area contributed by atoms with Gasteiger partial charge < -0.3 is 4.74 Å². The minimum Gasteiger partial charge on any atom is -0.479 e. The summed E-state index contributed by atoms with van der Waals surface area (Å²) in [7, 11) is 0. The first-order chi connectivity index (χ1) is 8.13. The highest BCUT2D eigenvalue weighted by Gasteiger charge is 2.32. The molecule has 0 fully saturated rings. The highest BCUT2D eigenvalue weighted by Crippen LogP contribution is 2.33. The van der Waals surface area contributed by atoms with Crippen LogP contribution in [0.3, 0.4) is 0 Å². The zero-order chi connectivity index (χ0) is 12.4. The molecular weight excluding hydrogens is 222 g/mol. The Kier molecular flexibility index (Phi) is 2.97. The molecule has 17 heavy (non-hydrogen) atoms. The maximum absolute atomic E-state index is 11.9. The molecule has 1 aliphatic heterocycles. The normalized spacial score (nSPS) is 18.4. The Morgan fingerprint density at radius 3 is 2.94 bits per heavy atom. The van der Waals surface area contributed by atoms with Crippen LogP contribution < -0.4 is 20.9 Å². The minimum absolute atomic E-state index is 0.111. The fourth-order valence-electron chi connectivity index (χ4n) is 1.71. The van der Waals surface area contributed by atoms with Crippen LogP contribution in [0.15, 0.2) is 24.3 Å². The standard InChI is InChI=1S/C11H13N3O3/c1-7-11(16)14(6-10(15)13-12)8-4-2-3-5-9(8)17-7/h2-5,7H,6,12H2,1H3,(H,13,15)/t7-/m0/s1. The number of ether oxygens (including phenoxy) is 1. The van der Waals surface area contributed by atoms with Crippen LogP contribution in [0.4, 0.5) is 5.69 Å². The molecule has 90 valence electrons. The van der Waals surface area contributed by atoms with Crippen LogP contribution in [0.1, 0.15) is 6.92 Å². The Hall–Kier alpha value is -2.08. The van der Waals surface area contributed by atoms with Gasteiger partial charge in [0.25, 0.3) is 11.8 Å². The van der Waals surface area contributed by atoms with E-state index >= 15 is 0 Å². The molecule has 2 rings (SSSR count). The fraction of sp³-hybridized carbons (Fsp3) is 0.273. The molecule has 0 bridgehead atoms. The number of nitrogens with zero attached hydrogens (tertiary/aromatic N) is 1. The molecule has 0 saturated carbocycles. The summed E-state index contributed by atoms with van der Waals surface area (Å²) in [6, 6.07) is 7.07. The van der Waals surface area contributed by atoms with E-state index in [4.69, 9.17) is 10.6 Å². The van der Waals surface area contributed by atoms with Crippen molar-refractivity contribution in [2.24, 2.45) is 5.84 Å². The molecule has 1 aromatic rings. The number of hydrazine groups is 1. The number of nitrogens with two attached hydrogens (primary N) is 1. The van der Waals surface area contributed by atoms with Crippen molar-refractivity contribution in [3.05, 3.63) is 24.3 Å². The van der Waals surface area contributed by atoms with Gasteiger partial charge in [-0.3, -0.25) is 19.9 Å². The molecule has 6 nitrogen and oxygen atoms in total. The van der Waals surface area contributed by atoms with E-state index in [1.54, 1.807) is 25.1 Å². The molecule has 1 aliphatic rings. The van der Waals surface area contributed by atoms with Crippen molar-refractivity contribution in [2.45, 2.75) is 13.0 Å². The maximum atomic E-state index is 11.9. The van der Waals surface area contributed by atoms with Gasteiger partial charge in [0, 0.05) is 0 Å². The number of carbonyl (C=O) groups is 2. The van der Waals surface area contributed by atoms with Gasteiger partial charge >= 0.3 is 0 Å². The van der Waals surface area contributed by atoms with Crippen LogP contribution in [-0.4, -0.2) is 24.5 Å². The Labute approximate surface area is 98.3 Å². The lowest BCUT2D eigenvalue weighted by Gasteiger charge is -2.32. The van der Waals surface area contributed by atoms with Crippen molar-refractivity contribution in [1.82, 2.24) is 5.43 Å². The van der Waals surface area contributed by atoms with Gasteiger partial charge in [0.15, 0.2) is 6.10 Å². The van der Waals surface area contributed by atoms with E-state index in [1.165, 1.54) is 4.90 Å². The van der Waals surface area contributed by atoms with Gasteiger partial charge in [0.05, 0.1) is 5.69 Å². The molecular formula is C11H13N3O3. The summed E-state index contributed by atoms with van der Waals surface area (Å²) >= 11 is 0. The van der Waals surface area contributed by atoms with E-state index < -0.39 is 12.0 Å². The third-order valence-corrected chi connectivity index (χ3v) is 2.54. The zero-order valence-corrected chi connectivity index (χ0v) is 9.34. The summed E-state index contributed by atoms with van der Waals surface area (Å²) < 4.78 is 5.44. The monoisotopic (exact) mass is 235 g/mol. The summed E-state index contributed by atoms with van der Waals surface area (Å²) in [5.41, 5.74) is 2.59. The van der Waals surface area contributed by atoms with Crippen molar-refractivity contribution < 1.29 is 14.3 Å². The van der Waals surface area contributed by atoms with Gasteiger partial charge in [-0.15, -0.1) is 0 Å². The number of fused-ring (bicyclic) bond motifs is 1. The summed E-state index contributed by atoms with van der Waals surface area (Å²) in [4.78, 5) is 24.6. The van der Waals surface area contributed by atoms with Gasteiger partial charge in [-0.2, -0.15) is 0 Å². The van der Waals surface area contributed by atoms with Crippen molar-refractivity contribution in [1.29, 1.82) is 0 Å². The van der Waals surface area contributed by atoms with Crippen LogP contribution >= 0.6 is 0 Å². The highest BCUT2D eigenvalue weighted by atomic mass is 16.5. The van der Waals surface area contributed by atoms with Crippen molar-refractivity contribution in [3.63, 3.8) is 0 Å². The summed E-state index contributed by atoms with van der Waals surface area (Å²) in [5.74, 6) is 4.92. The smallest absolute Gasteiger partial charge is 0.268 e. The minimum atomic E-state index is -0.601. The maximum Gasteiger partial charge on any atom is 0.268 e. The van der Waals surface area contributed by atoms with Crippen molar-refractivity contribution in [2.75, 3.05) is 11.4 Å². The summed E-state index contributed by atoms with van der Waals surface area (Å²) in [6.07, 6.45) is -0.601. The molecule has 1 atom stereocenters. The lowest BCUT2D eigenvalue weighted by atomic mass is 10.2. The summed E-state index contributed by atoms with van der Waals surface area (Å²) in [6.45, 7) is 1.53. The van der Waals surface area contributed by atoms with Crippen LogP contribution in [0.5, 0.6) is 5.75 Å². The number of amides is 2. The number of anilines is 1. The van der Waals surface area contributed by atoms with E-state index in [9.17, 15) is 9.59 Å². The number of hydrogen-bond acceptors (Lipinski definition) is 4. The molecule has 1 aromatic carbocycles. The molecule has 3 N–H and O–H groups in total. The van der Waals surface area contributed by atoms with Gasteiger partial charge in [-0.05, 0) is 19.1 Å². The Bertz CT molecular complexity index is 461. The van der Waals surface area contributed by atoms with Gasteiger partial charge in [-0.1, -0.05) is 12.1 Å². The number of rotatable bonds is 2. The lowest BCUT2D eigenvalue weighted by Crippen LogP contribution is -2.49. The summed E-state index contributed by atoms with van der Waals surface area (Å²) in [5, 5.41) is 0. The Morgan fingerprint density at radius 2 is 2.24 bits per heavy atom. The molecule has 0 aliphatic carbocycles. The number of nitrogens with one attached hydrogen (secondary N) is 1. The first-order valence-corrected chi connectivity index (χ1v) is 5.20. The molecule has 2 amide bonds. The molecule has 6 heteroatoms. The average Bonchev–Trinajstić information content (AvgIpc) is 2.34. The van der Waals surface area contributed by atoms with E-state index in [0.29, 0.717) is 11.4 Å². The second-order valence-electron chi connectivity index (χ2n) is 3.72. The largest absolute Gasteiger partial charge is 0.479 e. The predicted octanol–water partition coefficient (Wildman–Crippen LogP) is -0.210. The third-order valence-electron chi connectivity index (χ3n) is 2.54. The van der Waals surface area contributed by atoms with Gasteiger partial charge in [0.2, 0.25) is 0 Å². The fourth-order valence-corrected chi connectivity index (χ4v) is 1.71. The predicted molar refractivity (Wildman–Crippen MR) is 61.2 cm³/mol. The van der Waals surface area contributed by atoms with E-state index in [1.807, 2.05) is 11.5 Å². The van der Waals surface area contributed by atoms with Crippen LogP contribution in [0.2, 0.25) is 0 Å². The van der Waals surface area contributed by atoms with Gasteiger partial charge in [0.1, 0.15) is 12.3 Å². The number of hydrogen-bond donors (Lipinski definition) is 2. The lowest BCUT2D eigenvalue weighted by molar-refractivity contribution is -0.128. The molecule has 0 unspecified atom stereocenters. The van der Waals surface area contributed by atoms with Gasteiger partial charge in [-0.25, -0.2) is 5.84 Å². The quantitative estimate of drug-likeness (QED) is 0.422. The van der Waals surface area contributed by atoms with Crippen LogP contribution in [-0.2, 0) is 9.59 Å². The first-order valence-electron chi connectivity index (χ1n) is 5.20. The second-order valence-corrected chi connectivity index (χ2v) is 3.72. The number of carbonyl (C=O) groups excluding carboxylic acids is 2. The molecule has 0 aromatic heterocycles. The number of benzene rings is 1. The second kappa shape index (κ2) is 4.42. The average molecular weight is 235 g/mol.